The number of benzene rings is 1. The second-order valence-electron chi connectivity index (χ2n) is 9.18. The zero-order valence-electron chi connectivity index (χ0n) is 19.7. The standard InChI is InChI=1S/C26H28FN3O5/c1-26(2,3)35-25(34)29-14-19-8-7-18(24(33)30-22-9-10-28-15-21(22)27)13-20(19)17-6-4-5-16(11-17)12-23(31)32/h4-11,13,15,19-20H,12,14H2,1-3H3,(H,29,34)(H,31,32)(H,28,30,33). The lowest BCUT2D eigenvalue weighted by Crippen LogP contribution is -2.36. The molecule has 0 saturated heterocycles. The van der Waals surface area contributed by atoms with E-state index < -0.39 is 29.4 Å². The first-order valence-corrected chi connectivity index (χ1v) is 11.1. The first-order valence-electron chi connectivity index (χ1n) is 11.1. The van der Waals surface area contributed by atoms with Crippen molar-refractivity contribution < 1.29 is 28.6 Å². The summed E-state index contributed by atoms with van der Waals surface area (Å²) in [6.07, 6.45) is 6.82. The number of hydrogen-bond acceptors (Lipinski definition) is 5. The van der Waals surface area contributed by atoms with Gasteiger partial charge >= 0.3 is 12.1 Å². The van der Waals surface area contributed by atoms with Crippen LogP contribution in [0.25, 0.3) is 0 Å². The number of ether oxygens (including phenoxy) is 1. The normalized spacial score (nSPS) is 17.3. The minimum absolute atomic E-state index is 0.00743. The van der Waals surface area contributed by atoms with Crippen LogP contribution >= 0.6 is 0 Å². The molecule has 3 N–H and O–H groups in total. The Kier molecular flexibility index (Phi) is 8.01. The Morgan fingerprint density at radius 2 is 1.97 bits per heavy atom. The van der Waals surface area contributed by atoms with Gasteiger partial charge in [-0.2, -0.15) is 0 Å². The van der Waals surface area contributed by atoms with E-state index in [1.165, 1.54) is 12.3 Å². The molecule has 1 aliphatic rings. The Hall–Kier alpha value is -4.01. The van der Waals surface area contributed by atoms with E-state index in [0.29, 0.717) is 11.1 Å². The molecule has 0 bridgehead atoms. The van der Waals surface area contributed by atoms with E-state index in [2.05, 4.69) is 15.6 Å². The number of aliphatic carboxylic acids is 1. The molecule has 1 aromatic carbocycles. The van der Waals surface area contributed by atoms with Crippen LogP contribution in [0.2, 0.25) is 0 Å². The molecule has 1 heterocycles. The maximum absolute atomic E-state index is 13.9. The van der Waals surface area contributed by atoms with Crippen molar-refractivity contribution in [2.24, 2.45) is 5.92 Å². The number of anilines is 1. The summed E-state index contributed by atoms with van der Waals surface area (Å²) in [6, 6.07) is 8.44. The molecule has 0 radical (unpaired) electrons. The van der Waals surface area contributed by atoms with Gasteiger partial charge in [-0.05, 0) is 38.0 Å². The second-order valence-corrected chi connectivity index (χ2v) is 9.18. The molecule has 35 heavy (non-hydrogen) atoms. The number of allylic oxidation sites excluding steroid dienone is 1. The first kappa shape index (κ1) is 25.6. The molecule has 3 rings (SSSR count). The van der Waals surface area contributed by atoms with Crippen LogP contribution in [-0.2, 0) is 20.7 Å². The lowest BCUT2D eigenvalue weighted by atomic mass is 9.80. The number of carboxylic acids is 1. The Balaban J connectivity index is 1.85. The predicted molar refractivity (Wildman–Crippen MR) is 128 cm³/mol. The van der Waals surface area contributed by atoms with Crippen LogP contribution in [0.5, 0.6) is 0 Å². The maximum atomic E-state index is 13.9. The fourth-order valence-electron chi connectivity index (χ4n) is 3.68. The number of amides is 2. The number of aromatic nitrogens is 1. The van der Waals surface area contributed by atoms with Crippen LogP contribution in [0.15, 0.2) is 66.5 Å². The Bertz CT molecular complexity index is 1170. The Morgan fingerprint density at radius 3 is 2.66 bits per heavy atom. The van der Waals surface area contributed by atoms with Gasteiger partial charge in [0.1, 0.15) is 5.60 Å². The molecule has 184 valence electrons. The van der Waals surface area contributed by atoms with Gasteiger partial charge in [0.25, 0.3) is 5.91 Å². The summed E-state index contributed by atoms with van der Waals surface area (Å²) >= 11 is 0. The SMILES string of the molecule is CC(C)(C)OC(=O)NCC1C=CC(C(=O)Nc2ccncc2F)=CC1c1cccc(CC(=O)O)c1. The summed E-state index contributed by atoms with van der Waals surface area (Å²) in [4.78, 5) is 39.9. The van der Waals surface area contributed by atoms with Crippen molar-refractivity contribution in [3.63, 3.8) is 0 Å². The van der Waals surface area contributed by atoms with Gasteiger partial charge in [0.15, 0.2) is 5.82 Å². The van der Waals surface area contributed by atoms with Gasteiger partial charge in [-0.3, -0.25) is 14.6 Å². The van der Waals surface area contributed by atoms with E-state index in [9.17, 15) is 18.8 Å². The van der Waals surface area contributed by atoms with Crippen molar-refractivity contribution in [3.8, 4) is 0 Å². The molecule has 0 spiro atoms. The number of nitrogens with one attached hydrogen (secondary N) is 2. The molecule has 8 nitrogen and oxygen atoms in total. The molecule has 9 heteroatoms. The zero-order chi connectivity index (χ0) is 25.6. The highest BCUT2D eigenvalue weighted by Crippen LogP contribution is 2.33. The molecule has 2 amide bonds. The molecule has 0 aliphatic heterocycles. The average molecular weight is 482 g/mol. The lowest BCUT2D eigenvalue weighted by molar-refractivity contribution is -0.136. The molecule has 0 saturated carbocycles. The molecule has 0 fully saturated rings. The van der Waals surface area contributed by atoms with E-state index in [4.69, 9.17) is 9.84 Å². The van der Waals surface area contributed by atoms with Crippen LogP contribution in [0.4, 0.5) is 14.9 Å². The van der Waals surface area contributed by atoms with Gasteiger partial charge in [0, 0.05) is 30.2 Å². The number of nitrogens with zero attached hydrogens (tertiary/aromatic N) is 1. The third kappa shape index (κ3) is 7.49. The van der Waals surface area contributed by atoms with E-state index in [0.717, 1.165) is 11.8 Å². The molecule has 2 aromatic rings. The minimum atomic E-state index is -0.955. The van der Waals surface area contributed by atoms with Crippen molar-refractivity contribution >= 4 is 23.7 Å². The number of alkyl carbamates (subject to hydrolysis) is 1. The van der Waals surface area contributed by atoms with Crippen molar-refractivity contribution in [1.29, 1.82) is 0 Å². The molecule has 1 aliphatic carbocycles. The van der Waals surface area contributed by atoms with Gasteiger partial charge in [-0.15, -0.1) is 0 Å². The summed E-state index contributed by atoms with van der Waals surface area (Å²) < 4.78 is 19.3. The highest BCUT2D eigenvalue weighted by molar-refractivity contribution is 6.06. The number of pyridine rings is 1. The molecule has 1 aromatic heterocycles. The molecular formula is C26H28FN3O5. The average Bonchev–Trinajstić information content (AvgIpc) is 2.77. The van der Waals surface area contributed by atoms with Gasteiger partial charge in [-0.1, -0.05) is 42.5 Å². The second kappa shape index (κ2) is 10.9. The number of carbonyl (C=O) groups excluding carboxylic acids is 2. The maximum Gasteiger partial charge on any atom is 0.407 e. The van der Waals surface area contributed by atoms with Crippen LogP contribution in [-0.4, -0.2) is 40.2 Å². The number of carbonyl (C=O) groups is 3. The fraction of sp³-hybridized carbons (Fsp3) is 0.308. The third-order valence-corrected chi connectivity index (χ3v) is 5.20. The van der Waals surface area contributed by atoms with Gasteiger partial charge < -0.3 is 20.5 Å². The minimum Gasteiger partial charge on any atom is -0.481 e. The van der Waals surface area contributed by atoms with Crippen LogP contribution in [0.3, 0.4) is 0 Å². The van der Waals surface area contributed by atoms with Crippen LogP contribution in [0.1, 0.15) is 37.8 Å². The lowest BCUT2D eigenvalue weighted by Gasteiger charge is -2.28. The van der Waals surface area contributed by atoms with E-state index in [1.807, 2.05) is 6.07 Å². The molecule has 2 atom stereocenters. The van der Waals surface area contributed by atoms with E-state index in [1.54, 1.807) is 57.2 Å². The summed E-state index contributed by atoms with van der Waals surface area (Å²) in [7, 11) is 0. The Morgan fingerprint density at radius 1 is 1.20 bits per heavy atom. The number of halogens is 1. The summed E-state index contributed by atoms with van der Waals surface area (Å²) in [6.45, 7) is 5.53. The number of rotatable bonds is 7. The topological polar surface area (TPSA) is 118 Å². The molecule has 2 unspecified atom stereocenters. The summed E-state index contributed by atoms with van der Waals surface area (Å²) in [5.74, 6) is -2.71. The van der Waals surface area contributed by atoms with Gasteiger partial charge in [0.05, 0.1) is 18.3 Å². The Labute approximate surface area is 202 Å². The van der Waals surface area contributed by atoms with Gasteiger partial charge in [0.2, 0.25) is 0 Å². The highest BCUT2D eigenvalue weighted by atomic mass is 19.1. The van der Waals surface area contributed by atoms with Crippen molar-refractivity contribution in [2.45, 2.75) is 38.7 Å². The quantitative estimate of drug-likeness (QED) is 0.545. The highest BCUT2D eigenvalue weighted by Gasteiger charge is 2.27. The number of hydrogen-bond donors (Lipinski definition) is 3. The third-order valence-electron chi connectivity index (χ3n) is 5.20. The smallest absolute Gasteiger partial charge is 0.407 e. The van der Waals surface area contributed by atoms with E-state index >= 15 is 0 Å². The van der Waals surface area contributed by atoms with Crippen LogP contribution in [0, 0.1) is 11.7 Å². The first-order chi connectivity index (χ1) is 16.5. The summed E-state index contributed by atoms with van der Waals surface area (Å²) in [5.41, 5.74) is 1.06. The van der Waals surface area contributed by atoms with Crippen LogP contribution < -0.4 is 10.6 Å². The monoisotopic (exact) mass is 481 g/mol. The largest absolute Gasteiger partial charge is 0.481 e. The molecular weight excluding hydrogens is 453 g/mol. The predicted octanol–water partition coefficient (Wildman–Crippen LogP) is 4.21. The zero-order valence-corrected chi connectivity index (χ0v) is 19.7. The number of carboxylic acid groups (broad SMARTS) is 1. The van der Waals surface area contributed by atoms with Crippen molar-refractivity contribution in [2.75, 3.05) is 11.9 Å². The van der Waals surface area contributed by atoms with Gasteiger partial charge in [-0.25, -0.2) is 9.18 Å². The van der Waals surface area contributed by atoms with Crippen molar-refractivity contribution in [1.82, 2.24) is 10.3 Å². The van der Waals surface area contributed by atoms with Crippen molar-refractivity contribution in [3.05, 3.63) is 83.5 Å². The summed E-state index contributed by atoms with van der Waals surface area (Å²) in [5, 5.41) is 14.5. The van der Waals surface area contributed by atoms with E-state index in [-0.39, 0.29) is 30.5 Å². The fourth-order valence-corrected chi connectivity index (χ4v) is 3.68.